The van der Waals surface area contributed by atoms with Crippen LogP contribution in [0.3, 0.4) is 0 Å². The summed E-state index contributed by atoms with van der Waals surface area (Å²) in [6.45, 7) is 3.47. The summed E-state index contributed by atoms with van der Waals surface area (Å²) in [6.07, 6.45) is 55.0. The lowest BCUT2D eigenvalue weighted by Gasteiger charge is -2.40. The van der Waals surface area contributed by atoms with E-state index in [9.17, 15) is 40.5 Å². The number of aliphatic hydroxyl groups excluding tert-OH is 7. The highest BCUT2D eigenvalue weighted by Gasteiger charge is 2.44. The molecule has 1 heterocycles. The molecule has 1 saturated heterocycles. The standard InChI is InChI=1S/C64H121NO10/c1-3-5-7-9-11-13-15-17-19-21-23-24-25-26-27-28-29-30-31-32-34-36-38-40-42-44-46-48-50-52-57(68)63(73)65-55(54-74-64-62(72)61(71)60(70)58(53-66)75-64)59(69)56(67)51-49-47-45-43-41-39-37-35-33-22-20-18-16-14-12-10-8-6-4-2/h26-27,35,37,43,45,55-62,64,66-72H,3-25,28-34,36,38-42,44,46-54H2,1-2H3,(H,65,73)/b27-26-,37-35+,45-43+. The number of amides is 1. The molecule has 1 fully saturated rings. The van der Waals surface area contributed by atoms with Crippen molar-refractivity contribution >= 4 is 5.91 Å². The van der Waals surface area contributed by atoms with Crippen LogP contribution in [0.5, 0.6) is 0 Å². The largest absolute Gasteiger partial charge is 0.394 e. The molecule has 0 aromatic rings. The van der Waals surface area contributed by atoms with Gasteiger partial charge in [-0.05, 0) is 77.0 Å². The van der Waals surface area contributed by atoms with Gasteiger partial charge in [0.2, 0.25) is 5.91 Å². The van der Waals surface area contributed by atoms with Crippen LogP contribution in [0.1, 0.15) is 296 Å². The fourth-order valence-electron chi connectivity index (χ4n) is 10.2. The Morgan fingerprint density at radius 1 is 0.453 bits per heavy atom. The number of carbonyl (C=O) groups excluding carboxylic acids is 1. The third-order valence-electron chi connectivity index (χ3n) is 15.4. The van der Waals surface area contributed by atoms with Crippen molar-refractivity contribution < 1.29 is 50.0 Å². The van der Waals surface area contributed by atoms with E-state index in [-0.39, 0.29) is 12.8 Å². The first-order chi connectivity index (χ1) is 36.7. The molecule has 0 aromatic heterocycles. The van der Waals surface area contributed by atoms with Crippen LogP contribution in [0, 0.1) is 0 Å². The second kappa shape index (κ2) is 53.0. The molecule has 1 aliphatic heterocycles. The number of hydrogen-bond donors (Lipinski definition) is 8. The van der Waals surface area contributed by atoms with Crippen molar-refractivity contribution in [2.75, 3.05) is 13.2 Å². The topological polar surface area (TPSA) is 189 Å². The highest BCUT2D eigenvalue weighted by molar-refractivity contribution is 5.80. The molecule has 11 nitrogen and oxygen atoms in total. The molecule has 0 spiro atoms. The van der Waals surface area contributed by atoms with E-state index in [2.05, 4.69) is 55.6 Å². The molecule has 8 N–H and O–H groups in total. The Hall–Kier alpha value is -1.67. The van der Waals surface area contributed by atoms with Crippen molar-refractivity contribution in [3.8, 4) is 0 Å². The number of unbranched alkanes of at least 4 members (excludes halogenated alkanes) is 37. The molecule has 0 saturated carbocycles. The van der Waals surface area contributed by atoms with Gasteiger partial charge < -0.3 is 50.5 Å². The highest BCUT2D eigenvalue weighted by Crippen LogP contribution is 2.23. The smallest absolute Gasteiger partial charge is 0.249 e. The average molecular weight is 1060 g/mol. The van der Waals surface area contributed by atoms with Crippen LogP contribution in [-0.4, -0.2) is 110 Å². The normalized spacial score (nSPS) is 19.9. The maximum atomic E-state index is 13.2. The lowest BCUT2D eigenvalue weighted by Crippen LogP contribution is -2.60. The molecular weight excluding hydrogens is 943 g/mol. The van der Waals surface area contributed by atoms with Gasteiger partial charge in [0.25, 0.3) is 0 Å². The van der Waals surface area contributed by atoms with Crippen LogP contribution in [0.15, 0.2) is 36.5 Å². The van der Waals surface area contributed by atoms with Gasteiger partial charge in [0.15, 0.2) is 6.29 Å². The second-order valence-electron chi connectivity index (χ2n) is 22.5. The maximum absolute atomic E-state index is 13.2. The van der Waals surface area contributed by atoms with E-state index in [0.29, 0.717) is 19.3 Å². The molecule has 0 aliphatic carbocycles. The third-order valence-corrected chi connectivity index (χ3v) is 15.4. The Balaban J connectivity index is 2.26. The highest BCUT2D eigenvalue weighted by atomic mass is 16.7. The summed E-state index contributed by atoms with van der Waals surface area (Å²) in [5.41, 5.74) is 0. The van der Waals surface area contributed by atoms with Gasteiger partial charge in [-0.3, -0.25) is 4.79 Å². The second-order valence-corrected chi connectivity index (χ2v) is 22.5. The minimum atomic E-state index is -1.67. The molecule has 1 amide bonds. The SMILES string of the molecule is CCCCCCCCCCCC/C=C/CC/C=C/CCCC(O)C(O)C(COC1OC(CO)C(O)C(O)C1O)NC(=O)C(O)CCCCCCCCCCCCCCC/C=C\CCCCCCCCCCCCCC. The molecule has 9 unspecified atom stereocenters. The molecule has 0 aromatic carbocycles. The van der Waals surface area contributed by atoms with Gasteiger partial charge in [-0.1, -0.05) is 256 Å². The van der Waals surface area contributed by atoms with E-state index >= 15 is 0 Å². The fourth-order valence-corrected chi connectivity index (χ4v) is 10.2. The summed E-state index contributed by atoms with van der Waals surface area (Å²) in [7, 11) is 0. The Labute approximate surface area is 460 Å². The van der Waals surface area contributed by atoms with Crippen LogP contribution in [-0.2, 0) is 14.3 Å². The molecule has 1 rings (SSSR count). The molecule has 75 heavy (non-hydrogen) atoms. The number of rotatable bonds is 55. The van der Waals surface area contributed by atoms with E-state index < -0.39 is 74.2 Å². The summed E-state index contributed by atoms with van der Waals surface area (Å²) in [5.74, 6) is -0.707. The van der Waals surface area contributed by atoms with E-state index in [1.54, 1.807) is 0 Å². The van der Waals surface area contributed by atoms with E-state index in [1.165, 1.54) is 212 Å². The van der Waals surface area contributed by atoms with Gasteiger partial charge >= 0.3 is 0 Å². The first-order valence-electron chi connectivity index (χ1n) is 31.9. The van der Waals surface area contributed by atoms with Crippen LogP contribution >= 0.6 is 0 Å². The molecule has 0 radical (unpaired) electrons. The van der Waals surface area contributed by atoms with E-state index in [1.807, 2.05) is 0 Å². The predicted molar refractivity (Wildman–Crippen MR) is 312 cm³/mol. The van der Waals surface area contributed by atoms with Crippen LogP contribution in [0.2, 0.25) is 0 Å². The zero-order valence-corrected chi connectivity index (χ0v) is 48.5. The van der Waals surface area contributed by atoms with Crippen LogP contribution in [0.4, 0.5) is 0 Å². The van der Waals surface area contributed by atoms with Crippen molar-refractivity contribution in [1.29, 1.82) is 0 Å². The first kappa shape index (κ1) is 71.3. The molecule has 1 aliphatic rings. The average Bonchev–Trinajstić information content (AvgIpc) is 3.41. The number of aliphatic hydroxyl groups is 7. The minimum absolute atomic E-state index is 0.247. The summed E-state index contributed by atoms with van der Waals surface area (Å²) in [4.78, 5) is 13.2. The summed E-state index contributed by atoms with van der Waals surface area (Å²) in [6, 6.07) is -1.19. The van der Waals surface area contributed by atoms with Crippen molar-refractivity contribution in [2.24, 2.45) is 0 Å². The predicted octanol–water partition coefficient (Wildman–Crippen LogP) is 14.2. The van der Waals surface area contributed by atoms with E-state index in [4.69, 9.17) is 9.47 Å². The Bertz CT molecular complexity index is 1310. The summed E-state index contributed by atoms with van der Waals surface area (Å²) in [5, 5.41) is 76.2. The van der Waals surface area contributed by atoms with Gasteiger partial charge in [-0.25, -0.2) is 0 Å². The quantitative estimate of drug-likeness (QED) is 0.0215. The number of carbonyl (C=O) groups is 1. The zero-order valence-electron chi connectivity index (χ0n) is 48.5. The maximum Gasteiger partial charge on any atom is 0.249 e. The monoisotopic (exact) mass is 1060 g/mol. The fraction of sp³-hybridized carbons (Fsp3) is 0.891. The summed E-state index contributed by atoms with van der Waals surface area (Å²) >= 11 is 0. The minimum Gasteiger partial charge on any atom is -0.394 e. The molecule has 442 valence electrons. The molecule has 0 bridgehead atoms. The van der Waals surface area contributed by atoms with Crippen molar-refractivity contribution in [2.45, 2.75) is 351 Å². The van der Waals surface area contributed by atoms with Crippen LogP contribution in [0.25, 0.3) is 0 Å². The van der Waals surface area contributed by atoms with Gasteiger partial charge in [0.1, 0.15) is 36.6 Å². The number of ether oxygens (including phenoxy) is 2. The zero-order chi connectivity index (χ0) is 54.7. The Kier molecular flexibility index (Phi) is 50.4. The van der Waals surface area contributed by atoms with Gasteiger partial charge in [0.05, 0.1) is 25.4 Å². The summed E-state index contributed by atoms with van der Waals surface area (Å²) < 4.78 is 11.1. The number of nitrogens with one attached hydrogen (secondary N) is 1. The lowest BCUT2D eigenvalue weighted by atomic mass is 9.98. The van der Waals surface area contributed by atoms with Gasteiger partial charge in [0, 0.05) is 0 Å². The Morgan fingerprint density at radius 2 is 0.800 bits per heavy atom. The van der Waals surface area contributed by atoms with Gasteiger partial charge in [-0.15, -0.1) is 0 Å². The van der Waals surface area contributed by atoms with E-state index in [0.717, 1.165) is 38.5 Å². The number of allylic oxidation sites excluding steroid dienone is 6. The molecule has 9 atom stereocenters. The van der Waals surface area contributed by atoms with Crippen molar-refractivity contribution in [3.63, 3.8) is 0 Å². The molecule has 11 heteroatoms. The lowest BCUT2D eigenvalue weighted by molar-refractivity contribution is -0.303. The third kappa shape index (κ3) is 41.1. The molecular formula is C64H121NO10. The first-order valence-corrected chi connectivity index (χ1v) is 31.9. The van der Waals surface area contributed by atoms with Crippen molar-refractivity contribution in [3.05, 3.63) is 36.5 Å². The Morgan fingerprint density at radius 3 is 1.19 bits per heavy atom. The van der Waals surface area contributed by atoms with Gasteiger partial charge in [-0.2, -0.15) is 0 Å². The van der Waals surface area contributed by atoms with Crippen LogP contribution < -0.4 is 5.32 Å². The number of hydrogen-bond acceptors (Lipinski definition) is 10. The van der Waals surface area contributed by atoms with Crippen molar-refractivity contribution in [1.82, 2.24) is 5.32 Å².